The molecule has 0 fully saturated rings. The van der Waals surface area contributed by atoms with Crippen LogP contribution in [-0.4, -0.2) is 32.2 Å². The highest BCUT2D eigenvalue weighted by molar-refractivity contribution is 7.90. The summed E-state index contributed by atoms with van der Waals surface area (Å²) in [5.74, 6) is -0.00184. The molecule has 1 N–H and O–H groups in total. The second-order valence-corrected chi connectivity index (χ2v) is 9.49. The van der Waals surface area contributed by atoms with Crippen molar-refractivity contribution in [2.45, 2.75) is 11.8 Å². The summed E-state index contributed by atoms with van der Waals surface area (Å²) in [7, 11) is -3.35. The van der Waals surface area contributed by atoms with Crippen molar-refractivity contribution < 1.29 is 22.4 Å². The van der Waals surface area contributed by atoms with Crippen molar-refractivity contribution in [1.29, 1.82) is 0 Å². The Kier molecular flexibility index (Phi) is 5.04. The third-order valence-electron chi connectivity index (χ3n) is 4.28. The molecule has 0 unspecified atom stereocenters. The van der Waals surface area contributed by atoms with Gasteiger partial charge in [-0.3, -0.25) is 10.1 Å². The summed E-state index contributed by atoms with van der Waals surface area (Å²) in [6.07, 6.45) is 1.13. The third kappa shape index (κ3) is 3.91. The maximum Gasteiger partial charge on any atom is 0.337 e. The van der Waals surface area contributed by atoms with E-state index >= 15 is 0 Å². The lowest BCUT2D eigenvalue weighted by Gasteiger charge is -2.07. The van der Waals surface area contributed by atoms with Crippen molar-refractivity contribution in [2.75, 3.05) is 18.2 Å². The molecule has 0 aliphatic rings. The van der Waals surface area contributed by atoms with E-state index in [2.05, 4.69) is 10.3 Å². The number of nitrogens with zero attached hydrogens (tertiary/aromatic N) is 1. The number of fused-ring (bicyclic) bond motifs is 2. The highest BCUT2D eigenvalue weighted by Crippen LogP contribution is 2.29. The zero-order valence-electron chi connectivity index (χ0n) is 16.0. The molecule has 1 amide bonds. The highest BCUT2D eigenvalue weighted by atomic mass is 32.2. The Labute approximate surface area is 175 Å². The zero-order chi connectivity index (χ0) is 21.5. The van der Waals surface area contributed by atoms with E-state index in [0.717, 1.165) is 23.7 Å². The molecule has 4 rings (SSSR count). The summed E-state index contributed by atoms with van der Waals surface area (Å²) in [6.45, 7) is 2.29. The molecule has 0 radical (unpaired) electrons. The van der Waals surface area contributed by atoms with Gasteiger partial charge in [-0.25, -0.2) is 18.2 Å². The number of rotatable bonds is 5. The predicted octanol–water partition coefficient (Wildman–Crippen LogP) is 3.46. The van der Waals surface area contributed by atoms with Gasteiger partial charge in [-0.05, 0) is 37.3 Å². The molecule has 0 bridgehead atoms. The summed E-state index contributed by atoms with van der Waals surface area (Å²) in [5, 5.41) is 3.41. The van der Waals surface area contributed by atoms with Gasteiger partial charge in [0, 0.05) is 23.8 Å². The monoisotopic (exact) mass is 444 g/mol. The van der Waals surface area contributed by atoms with Gasteiger partial charge < -0.3 is 9.15 Å². The normalized spacial score (nSPS) is 11.7. The topological polar surface area (TPSA) is 116 Å². The largest absolute Gasteiger partial charge is 0.494 e. The standard InChI is InChI=1S/C20H16N2O6S2/c1-3-27-11-4-6-13-14(10-18(23)28-16(13)8-11)19(24)22-20-21-15-7-5-12(30(2,25)26)9-17(15)29-20/h4-10H,3H2,1-2H3,(H,21,22,24). The van der Waals surface area contributed by atoms with E-state index in [1.165, 1.54) is 12.1 Å². The summed E-state index contributed by atoms with van der Waals surface area (Å²) in [4.78, 5) is 29.3. The molecule has 0 aliphatic heterocycles. The number of ether oxygens (including phenoxy) is 1. The van der Waals surface area contributed by atoms with Gasteiger partial charge in [0.25, 0.3) is 5.91 Å². The fourth-order valence-corrected chi connectivity index (χ4v) is 4.56. The SMILES string of the molecule is CCOc1ccc2c(C(=O)Nc3nc4ccc(S(C)(=O)=O)cc4s3)cc(=O)oc2c1. The Hall–Kier alpha value is -3.24. The van der Waals surface area contributed by atoms with Crippen molar-refractivity contribution in [3.05, 3.63) is 58.4 Å². The van der Waals surface area contributed by atoms with E-state index in [-0.39, 0.29) is 21.2 Å². The molecule has 0 saturated heterocycles. The van der Waals surface area contributed by atoms with Crippen LogP contribution in [0.1, 0.15) is 17.3 Å². The minimum Gasteiger partial charge on any atom is -0.494 e. The highest BCUT2D eigenvalue weighted by Gasteiger charge is 2.17. The predicted molar refractivity (Wildman–Crippen MR) is 114 cm³/mol. The van der Waals surface area contributed by atoms with E-state index in [1.54, 1.807) is 24.3 Å². The lowest BCUT2D eigenvalue weighted by Crippen LogP contribution is -2.15. The molecule has 0 aliphatic carbocycles. The number of nitrogens with one attached hydrogen (secondary N) is 1. The van der Waals surface area contributed by atoms with Gasteiger partial charge >= 0.3 is 5.63 Å². The van der Waals surface area contributed by atoms with Crippen LogP contribution in [0.2, 0.25) is 0 Å². The van der Waals surface area contributed by atoms with Gasteiger partial charge in [-0.15, -0.1) is 0 Å². The number of carbonyl (C=O) groups is 1. The number of sulfone groups is 1. The quantitative estimate of drug-likeness (QED) is 0.469. The van der Waals surface area contributed by atoms with Crippen LogP contribution in [0.25, 0.3) is 21.2 Å². The smallest absolute Gasteiger partial charge is 0.337 e. The average molecular weight is 444 g/mol. The van der Waals surface area contributed by atoms with E-state index in [0.29, 0.717) is 28.0 Å². The Balaban J connectivity index is 1.70. The molecule has 0 saturated carbocycles. The zero-order valence-corrected chi connectivity index (χ0v) is 17.6. The van der Waals surface area contributed by atoms with Crippen molar-refractivity contribution >= 4 is 53.4 Å². The van der Waals surface area contributed by atoms with Crippen molar-refractivity contribution in [2.24, 2.45) is 0 Å². The number of carbonyl (C=O) groups excluding carboxylic acids is 1. The van der Waals surface area contributed by atoms with Crippen LogP contribution in [0, 0.1) is 0 Å². The molecule has 0 atom stereocenters. The molecule has 2 aromatic carbocycles. The van der Waals surface area contributed by atoms with Crippen LogP contribution in [-0.2, 0) is 9.84 Å². The van der Waals surface area contributed by atoms with Gasteiger partial charge in [0.05, 0.1) is 27.3 Å². The average Bonchev–Trinajstić information content (AvgIpc) is 3.08. The number of benzene rings is 2. The van der Waals surface area contributed by atoms with Gasteiger partial charge in [0.15, 0.2) is 15.0 Å². The molecule has 4 aromatic rings. The molecular weight excluding hydrogens is 428 g/mol. The second-order valence-electron chi connectivity index (χ2n) is 6.44. The Morgan fingerprint density at radius 2 is 2.00 bits per heavy atom. The van der Waals surface area contributed by atoms with E-state index in [4.69, 9.17) is 9.15 Å². The summed E-state index contributed by atoms with van der Waals surface area (Å²) >= 11 is 1.14. The van der Waals surface area contributed by atoms with Crippen LogP contribution in [0.4, 0.5) is 5.13 Å². The number of hydrogen-bond donors (Lipinski definition) is 1. The van der Waals surface area contributed by atoms with Crippen LogP contribution >= 0.6 is 11.3 Å². The molecule has 2 heterocycles. The third-order valence-corrected chi connectivity index (χ3v) is 6.32. The molecule has 154 valence electrons. The summed E-state index contributed by atoms with van der Waals surface area (Å²) < 4.78 is 34.7. The van der Waals surface area contributed by atoms with Crippen LogP contribution in [0.15, 0.2) is 56.6 Å². The number of anilines is 1. The first kappa shape index (κ1) is 20.0. The molecule has 0 spiro atoms. The maximum absolute atomic E-state index is 12.8. The number of aromatic nitrogens is 1. The number of hydrogen-bond acceptors (Lipinski definition) is 8. The first-order valence-corrected chi connectivity index (χ1v) is 11.6. The van der Waals surface area contributed by atoms with Crippen LogP contribution in [0.5, 0.6) is 5.75 Å². The molecule has 10 heteroatoms. The lowest BCUT2D eigenvalue weighted by atomic mass is 10.1. The molecule has 2 aromatic heterocycles. The number of thiazole rings is 1. The van der Waals surface area contributed by atoms with Crippen LogP contribution < -0.4 is 15.7 Å². The lowest BCUT2D eigenvalue weighted by molar-refractivity contribution is 0.102. The van der Waals surface area contributed by atoms with E-state index in [1.807, 2.05) is 6.92 Å². The Bertz CT molecular complexity index is 1450. The van der Waals surface area contributed by atoms with E-state index < -0.39 is 21.4 Å². The number of amides is 1. The summed E-state index contributed by atoms with van der Waals surface area (Å²) in [6, 6.07) is 10.6. The van der Waals surface area contributed by atoms with Gasteiger partial charge in [-0.2, -0.15) is 0 Å². The summed E-state index contributed by atoms with van der Waals surface area (Å²) in [5.41, 5.74) is 0.269. The van der Waals surface area contributed by atoms with Gasteiger partial charge in [0.1, 0.15) is 11.3 Å². The van der Waals surface area contributed by atoms with Gasteiger partial charge in [-0.1, -0.05) is 11.3 Å². The second kappa shape index (κ2) is 7.54. The molecule has 8 nitrogen and oxygen atoms in total. The van der Waals surface area contributed by atoms with Crippen molar-refractivity contribution in [1.82, 2.24) is 4.98 Å². The minimum absolute atomic E-state index is 0.139. The van der Waals surface area contributed by atoms with E-state index in [9.17, 15) is 18.0 Å². The molecular formula is C20H16N2O6S2. The minimum atomic E-state index is -3.35. The first-order chi connectivity index (χ1) is 14.2. The Morgan fingerprint density at radius 1 is 1.20 bits per heavy atom. The van der Waals surface area contributed by atoms with Gasteiger partial charge in [0.2, 0.25) is 0 Å². The van der Waals surface area contributed by atoms with Crippen molar-refractivity contribution in [3.8, 4) is 5.75 Å². The maximum atomic E-state index is 12.8. The molecule has 30 heavy (non-hydrogen) atoms. The first-order valence-electron chi connectivity index (χ1n) is 8.87. The fraction of sp³-hybridized carbons (Fsp3) is 0.150. The Morgan fingerprint density at radius 3 is 2.73 bits per heavy atom. The van der Waals surface area contributed by atoms with Crippen LogP contribution in [0.3, 0.4) is 0 Å². The fourth-order valence-electron chi connectivity index (χ4n) is 2.94. The van der Waals surface area contributed by atoms with Crippen molar-refractivity contribution in [3.63, 3.8) is 0 Å².